The maximum atomic E-state index is 13.7. The van der Waals surface area contributed by atoms with Crippen molar-refractivity contribution in [1.29, 1.82) is 0 Å². The van der Waals surface area contributed by atoms with Gasteiger partial charge in [-0.3, -0.25) is 9.36 Å². The fraction of sp³-hybridized carbons (Fsp3) is 0.611. The number of rotatable bonds is 8. The molecule has 1 unspecified atom stereocenters. The zero-order valence-corrected chi connectivity index (χ0v) is 15.9. The average Bonchev–Trinajstić information content (AvgIpc) is 2.50. The number of hydrogen-bond donors (Lipinski definition) is 0. The van der Waals surface area contributed by atoms with Gasteiger partial charge >= 0.3 is 5.97 Å². The van der Waals surface area contributed by atoms with E-state index in [0.717, 1.165) is 0 Å². The smallest absolute Gasteiger partial charge is 0.321 e. The van der Waals surface area contributed by atoms with E-state index in [-0.39, 0.29) is 11.8 Å². The number of esters is 1. The minimum absolute atomic E-state index is 0.217. The molecule has 23 heavy (non-hydrogen) atoms. The van der Waals surface area contributed by atoms with E-state index in [2.05, 4.69) is 0 Å². The maximum absolute atomic E-state index is 13.7. The Bertz CT molecular complexity index is 549. The van der Waals surface area contributed by atoms with Crippen molar-refractivity contribution >= 4 is 18.6 Å². The van der Waals surface area contributed by atoms with E-state index in [1.54, 1.807) is 38.1 Å². The van der Waals surface area contributed by atoms with Gasteiger partial charge in [0.15, 0.2) is 0 Å². The van der Waals surface area contributed by atoms with Gasteiger partial charge in [-0.15, -0.1) is 0 Å². The molecule has 0 amide bonds. The van der Waals surface area contributed by atoms with E-state index in [9.17, 15) is 9.36 Å². The van der Waals surface area contributed by atoms with Gasteiger partial charge in [0.25, 0.3) is 0 Å². The summed E-state index contributed by atoms with van der Waals surface area (Å²) in [5, 5.41) is -0.690. The molecule has 0 aliphatic rings. The van der Waals surface area contributed by atoms with Crippen LogP contribution in [0.2, 0.25) is 0 Å². The van der Waals surface area contributed by atoms with Crippen molar-refractivity contribution in [1.82, 2.24) is 0 Å². The largest absolute Gasteiger partial charge is 0.465 e. The number of benzene rings is 1. The predicted molar refractivity (Wildman–Crippen MR) is 94.3 cm³/mol. The van der Waals surface area contributed by atoms with Gasteiger partial charge in [-0.05, 0) is 37.8 Å². The van der Waals surface area contributed by atoms with Crippen LogP contribution in [-0.2, 0) is 18.6 Å². The molecule has 0 heterocycles. The summed E-state index contributed by atoms with van der Waals surface area (Å²) in [4.78, 5) is 12.6. The van der Waals surface area contributed by atoms with Crippen LogP contribution in [0.4, 0.5) is 0 Å². The Labute approximate surface area is 140 Å². The van der Waals surface area contributed by atoms with E-state index in [1.807, 2.05) is 33.8 Å². The fourth-order valence-electron chi connectivity index (χ4n) is 1.98. The van der Waals surface area contributed by atoms with Crippen molar-refractivity contribution in [2.75, 3.05) is 13.2 Å². The minimum atomic E-state index is -3.42. The Hall–Kier alpha value is -1.12. The Morgan fingerprint density at radius 3 is 2.04 bits per heavy atom. The molecule has 5 heteroatoms. The van der Waals surface area contributed by atoms with Crippen molar-refractivity contribution in [2.24, 2.45) is 11.8 Å². The Morgan fingerprint density at radius 1 is 1.04 bits per heavy atom. The van der Waals surface area contributed by atoms with Crippen LogP contribution in [-0.4, -0.2) is 24.3 Å². The van der Waals surface area contributed by atoms with Gasteiger partial charge in [0.05, 0.1) is 13.2 Å². The Morgan fingerprint density at radius 2 is 1.57 bits per heavy atom. The van der Waals surface area contributed by atoms with Crippen LogP contribution in [0.1, 0.15) is 41.5 Å². The van der Waals surface area contributed by atoms with Crippen molar-refractivity contribution < 1.29 is 18.6 Å². The highest BCUT2D eigenvalue weighted by Crippen LogP contribution is 2.58. The van der Waals surface area contributed by atoms with Crippen LogP contribution in [0.15, 0.2) is 30.3 Å². The first kappa shape index (κ1) is 19.9. The zero-order valence-electron chi connectivity index (χ0n) is 15.0. The lowest BCUT2D eigenvalue weighted by atomic mass is 10.2. The highest BCUT2D eigenvalue weighted by molar-refractivity contribution is 7.69. The summed E-state index contributed by atoms with van der Waals surface area (Å²) in [6.07, 6.45) is 0. The zero-order chi connectivity index (χ0) is 17.7. The lowest BCUT2D eigenvalue weighted by Crippen LogP contribution is -2.39. The molecule has 4 nitrogen and oxygen atoms in total. The molecule has 0 aliphatic carbocycles. The van der Waals surface area contributed by atoms with Gasteiger partial charge in [-0.1, -0.05) is 45.9 Å². The molecule has 0 aromatic heterocycles. The summed E-state index contributed by atoms with van der Waals surface area (Å²) in [6, 6.07) is 8.95. The third kappa shape index (κ3) is 4.92. The Kier molecular flexibility index (Phi) is 7.03. The number of carbonyl (C=O) groups excluding carboxylic acids is 1. The van der Waals surface area contributed by atoms with E-state index < -0.39 is 18.5 Å². The number of ether oxygens (including phenoxy) is 1. The molecule has 130 valence electrons. The van der Waals surface area contributed by atoms with Gasteiger partial charge in [0.2, 0.25) is 7.37 Å². The highest BCUT2D eigenvalue weighted by Gasteiger charge is 2.50. The van der Waals surface area contributed by atoms with Crippen molar-refractivity contribution in [3.63, 3.8) is 0 Å². The van der Waals surface area contributed by atoms with Crippen molar-refractivity contribution in [3.05, 3.63) is 30.3 Å². The topological polar surface area (TPSA) is 52.6 Å². The first-order chi connectivity index (χ1) is 10.6. The molecular weight excluding hydrogens is 311 g/mol. The van der Waals surface area contributed by atoms with Crippen molar-refractivity contribution in [2.45, 2.75) is 46.7 Å². The van der Waals surface area contributed by atoms with Crippen molar-refractivity contribution in [3.8, 4) is 0 Å². The first-order valence-electron chi connectivity index (χ1n) is 8.08. The second-order valence-corrected chi connectivity index (χ2v) is 10.1. The van der Waals surface area contributed by atoms with E-state index in [0.29, 0.717) is 18.5 Å². The predicted octanol–water partition coefficient (Wildman–Crippen LogP) is 4.24. The first-order valence-corrected chi connectivity index (χ1v) is 9.71. The van der Waals surface area contributed by atoms with E-state index >= 15 is 0 Å². The fourth-order valence-corrected chi connectivity index (χ4v) is 4.47. The molecule has 0 radical (unpaired) electrons. The monoisotopic (exact) mass is 340 g/mol. The third-order valence-corrected chi connectivity index (χ3v) is 6.61. The summed E-state index contributed by atoms with van der Waals surface area (Å²) >= 11 is 0. The van der Waals surface area contributed by atoms with Gasteiger partial charge < -0.3 is 9.26 Å². The summed E-state index contributed by atoms with van der Waals surface area (Å²) in [5.74, 6) is -0.0425. The van der Waals surface area contributed by atoms with Gasteiger partial charge in [0.1, 0.15) is 5.16 Å². The molecule has 0 aliphatic heterocycles. The van der Waals surface area contributed by atoms with Crippen LogP contribution in [0.5, 0.6) is 0 Å². The summed E-state index contributed by atoms with van der Waals surface area (Å²) in [7, 11) is -3.42. The summed E-state index contributed by atoms with van der Waals surface area (Å²) in [5.41, 5.74) is 0. The molecule has 0 saturated carbocycles. The minimum Gasteiger partial charge on any atom is -0.465 e. The second kappa shape index (κ2) is 8.12. The quantitative estimate of drug-likeness (QED) is 0.525. The molecule has 0 fully saturated rings. The Balaban J connectivity index is 3.17. The van der Waals surface area contributed by atoms with Crippen LogP contribution in [0.3, 0.4) is 0 Å². The average molecular weight is 340 g/mol. The SMILES string of the molecule is CC(C)COC(=O)C(C)(C)P(=O)(OCC(C)C)c1ccccc1. The maximum Gasteiger partial charge on any atom is 0.321 e. The molecule has 1 rings (SSSR count). The van der Waals surface area contributed by atoms with Crippen LogP contribution in [0.25, 0.3) is 0 Å². The molecular formula is C18H29O4P. The third-order valence-electron chi connectivity index (χ3n) is 3.47. The molecule has 0 saturated heterocycles. The molecule has 1 atom stereocenters. The molecule has 1 aromatic carbocycles. The molecule has 1 aromatic rings. The number of hydrogen-bond acceptors (Lipinski definition) is 4. The standard InChI is InChI=1S/C18H29O4P/c1-14(2)12-21-17(19)18(5,6)23(20,22-13-15(3)4)16-10-8-7-9-11-16/h7-11,14-15H,12-13H2,1-6H3. The van der Waals surface area contributed by atoms with Gasteiger partial charge in [-0.2, -0.15) is 0 Å². The summed E-state index contributed by atoms with van der Waals surface area (Å²) < 4.78 is 24.9. The molecule has 0 spiro atoms. The van der Waals surface area contributed by atoms with Crippen LogP contribution < -0.4 is 5.30 Å². The van der Waals surface area contributed by atoms with Gasteiger partial charge in [-0.25, -0.2) is 0 Å². The normalized spacial score (nSPS) is 14.8. The summed E-state index contributed by atoms with van der Waals surface area (Å²) in [6.45, 7) is 11.8. The molecule has 0 N–H and O–H groups in total. The van der Waals surface area contributed by atoms with Crippen LogP contribution in [0, 0.1) is 11.8 Å². The molecule has 0 bridgehead atoms. The lowest BCUT2D eigenvalue weighted by Gasteiger charge is -2.33. The van der Waals surface area contributed by atoms with E-state index in [4.69, 9.17) is 9.26 Å². The van der Waals surface area contributed by atoms with Gasteiger partial charge in [0, 0.05) is 5.30 Å². The van der Waals surface area contributed by atoms with E-state index in [1.165, 1.54) is 0 Å². The highest BCUT2D eigenvalue weighted by atomic mass is 31.2. The number of carbonyl (C=O) groups is 1. The lowest BCUT2D eigenvalue weighted by molar-refractivity contribution is -0.147. The second-order valence-electron chi connectivity index (χ2n) is 7.13. The van der Waals surface area contributed by atoms with Crippen LogP contribution >= 0.6 is 7.37 Å².